The minimum Gasteiger partial charge on any atom is -0.431 e. The summed E-state index contributed by atoms with van der Waals surface area (Å²) in [7, 11) is 0. The van der Waals surface area contributed by atoms with E-state index in [1.165, 1.54) is 11.3 Å². The van der Waals surface area contributed by atoms with Crippen LogP contribution in [-0.4, -0.2) is 10.9 Å². The smallest absolute Gasteiger partial charge is 0.278 e. The second kappa shape index (κ2) is 7.65. The molecule has 20 heavy (non-hydrogen) atoms. The molecule has 2 rings (SSSR count). The maximum atomic E-state index is 11.5. The molecule has 0 aliphatic carbocycles. The summed E-state index contributed by atoms with van der Waals surface area (Å²) in [6, 6.07) is 7.66. The van der Waals surface area contributed by atoms with Gasteiger partial charge in [0.15, 0.2) is 0 Å². The minimum absolute atomic E-state index is 0.106. The van der Waals surface area contributed by atoms with Gasteiger partial charge in [-0.2, -0.15) is 0 Å². The van der Waals surface area contributed by atoms with Crippen molar-refractivity contribution < 1.29 is 9.53 Å². The number of aromatic nitrogens is 1. The van der Waals surface area contributed by atoms with E-state index in [4.69, 9.17) is 4.74 Å². The van der Waals surface area contributed by atoms with Crippen molar-refractivity contribution in [3.8, 4) is 10.9 Å². The molecule has 1 aromatic heterocycles. The first kappa shape index (κ1) is 14.5. The van der Waals surface area contributed by atoms with Gasteiger partial charge in [-0.15, -0.1) is 0 Å². The molecule has 0 atom stereocenters. The highest BCUT2D eigenvalue weighted by atomic mass is 32.1. The van der Waals surface area contributed by atoms with Crippen LogP contribution in [-0.2, 0) is 11.3 Å². The third kappa shape index (κ3) is 4.66. The summed E-state index contributed by atoms with van der Waals surface area (Å²) in [6.45, 7) is 2.63. The van der Waals surface area contributed by atoms with Crippen molar-refractivity contribution in [2.75, 3.05) is 0 Å². The fraction of sp³-hybridized carbons (Fsp3) is 0.333. The van der Waals surface area contributed by atoms with E-state index >= 15 is 0 Å². The van der Waals surface area contributed by atoms with Gasteiger partial charge in [0.2, 0.25) is 5.91 Å². The lowest BCUT2D eigenvalue weighted by Gasteiger charge is -2.06. The van der Waals surface area contributed by atoms with E-state index in [2.05, 4.69) is 17.2 Å². The molecule has 0 fully saturated rings. The van der Waals surface area contributed by atoms with Crippen LogP contribution in [0.3, 0.4) is 0 Å². The zero-order valence-corrected chi connectivity index (χ0v) is 12.3. The number of thiazole rings is 1. The van der Waals surface area contributed by atoms with Crippen molar-refractivity contribution in [2.24, 2.45) is 0 Å². The number of nitrogens with zero attached hydrogens (tertiary/aromatic N) is 1. The van der Waals surface area contributed by atoms with Gasteiger partial charge in [0, 0.05) is 24.5 Å². The molecule has 0 unspecified atom stereocenters. The molecule has 1 amide bonds. The average molecular weight is 290 g/mol. The van der Waals surface area contributed by atoms with E-state index in [1.807, 2.05) is 29.6 Å². The van der Waals surface area contributed by atoms with Crippen LogP contribution < -0.4 is 10.1 Å². The highest BCUT2D eigenvalue weighted by Crippen LogP contribution is 2.23. The van der Waals surface area contributed by atoms with Crippen LogP contribution in [0.15, 0.2) is 35.8 Å². The van der Waals surface area contributed by atoms with Crippen molar-refractivity contribution in [3.63, 3.8) is 0 Å². The fourth-order valence-corrected chi connectivity index (χ4v) is 2.17. The Hall–Kier alpha value is -1.88. The fourth-order valence-electron chi connectivity index (χ4n) is 1.66. The number of ether oxygens (including phenoxy) is 1. The molecule has 106 valence electrons. The van der Waals surface area contributed by atoms with E-state index in [9.17, 15) is 4.79 Å². The monoisotopic (exact) mass is 290 g/mol. The van der Waals surface area contributed by atoms with Gasteiger partial charge in [-0.1, -0.05) is 36.8 Å². The van der Waals surface area contributed by atoms with Crippen LogP contribution in [0.4, 0.5) is 0 Å². The number of hydrogen-bond donors (Lipinski definition) is 1. The molecule has 2 aromatic rings. The third-order valence-electron chi connectivity index (χ3n) is 2.79. The van der Waals surface area contributed by atoms with Gasteiger partial charge in [-0.3, -0.25) is 4.79 Å². The molecule has 0 saturated heterocycles. The first-order valence-electron chi connectivity index (χ1n) is 6.71. The van der Waals surface area contributed by atoms with Gasteiger partial charge in [-0.25, -0.2) is 4.98 Å². The third-order valence-corrected chi connectivity index (χ3v) is 3.43. The SMILES string of the molecule is CCCCC(=O)NCc1ccc(Oc2nccs2)cc1. The summed E-state index contributed by atoms with van der Waals surface area (Å²) in [5.41, 5.74) is 1.06. The maximum Gasteiger partial charge on any atom is 0.278 e. The van der Waals surface area contributed by atoms with Crippen LogP contribution >= 0.6 is 11.3 Å². The molecule has 5 heteroatoms. The average Bonchev–Trinajstić information content (AvgIpc) is 2.97. The number of carbonyl (C=O) groups excluding carboxylic acids is 1. The van der Waals surface area contributed by atoms with Gasteiger partial charge >= 0.3 is 0 Å². The number of amides is 1. The lowest BCUT2D eigenvalue weighted by atomic mass is 10.2. The van der Waals surface area contributed by atoms with Gasteiger partial charge in [0.1, 0.15) is 5.75 Å². The molecule has 0 spiro atoms. The standard InChI is InChI=1S/C15H18N2O2S/c1-2-3-4-14(18)17-11-12-5-7-13(8-6-12)19-15-16-9-10-20-15/h5-10H,2-4,11H2,1H3,(H,17,18). The number of hydrogen-bond acceptors (Lipinski definition) is 4. The van der Waals surface area contributed by atoms with Crippen LogP contribution in [0.25, 0.3) is 0 Å². The molecule has 1 aromatic carbocycles. The number of rotatable bonds is 7. The van der Waals surface area contributed by atoms with E-state index in [1.54, 1.807) is 6.20 Å². The van der Waals surface area contributed by atoms with E-state index in [-0.39, 0.29) is 5.91 Å². The molecule has 0 bridgehead atoms. The van der Waals surface area contributed by atoms with Crippen molar-refractivity contribution in [1.82, 2.24) is 10.3 Å². The van der Waals surface area contributed by atoms with E-state index in [0.717, 1.165) is 24.2 Å². The Morgan fingerprint density at radius 1 is 1.35 bits per heavy atom. The Bertz CT molecular complexity index is 523. The summed E-state index contributed by atoms with van der Waals surface area (Å²) >= 11 is 1.45. The number of carbonyl (C=O) groups is 1. The number of nitrogens with one attached hydrogen (secondary N) is 1. The van der Waals surface area contributed by atoms with Gasteiger partial charge in [0.05, 0.1) is 0 Å². The highest BCUT2D eigenvalue weighted by molar-refractivity contribution is 7.11. The Morgan fingerprint density at radius 2 is 2.15 bits per heavy atom. The molecule has 0 aliphatic rings. The maximum absolute atomic E-state index is 11.5. The lowest BCUT2D eigenvalue weighted by Crippen LogP contribution is -2.22. The van der Waals surface area contributed by atoms with Crippen molar-refractivity contribution in [3.05, 3.63) is 41.4 Å². The van der Waals surface area contributed by atoms with Crippen LogP contribution in [0.5, 0.6) is 10.9 Å². The van der Waals surface area contributed by atoms with E-state index < -0.39 is 0 Å². The van der Waals surface area contributed by atoms with Crippen molar-refractivity contribution in [1.29, 1.82) is 0 Å². The summed E-state index contributed by atoms with van der Waals surface area (Å²) in [5, 5.41) is 5.41. The first-order chi connectivity index (χ1) is 9.78. The zero-order valence-electron chi connectivity index (χ0n) is 11.5. The molecule has 1 heterocycles. The predicted molar refractivity (Wildman–Crippen MR) is 80.0 cm³/mol. The number of benzene rings is 1. The highest BCUT2D eigenvalue weighted by Gasteiger charge is 2.02. The lowest BCUT2D eigenvalue weighted by molar-refractivity contribution is -0.121. The van der Waals surface area contributed by atoms with Crippen LogP contribution in [0.1, 0.15) is 31.7 Å². The summed E-state index contributed by atoms with van der Waals surface area (Å²) < 4.78 is 5.57. The van der Waals surface area contributed by atoms with Gasteiger partial charge in [0.25, 0.3) is 5.19 Å². The molecule has 0 radical (unpaired) electrons. The Kier molecular flexibility index (Phi) is 5.55. The minimum atomic E-state index is 0.106. The van der Waals surface area contributed by atoms with Crippen LogP contribution in [0, 0.1) is 0 Å². The Balaban J connectivity index is 1.81. The summed E-state index contributed by atoms with van der Waals surface area (Å²) in [4.78, 5) is 15.6. The summed E-state index contributed by atoms with van der Waals surface area (Å²) in [5.74, 6) is 0.857. The second-order valence-electron chi connectivity index (χ2n) is 4.42. The topological polar surface area (TPSA) is 51.2 Å². The number of unbranched alkanes of at least 4 members (excludes halogenated alkanes) is 1. The molecular formula is C15H18N2O2S. The van der Waals surface area contributed by atoms with E-state index in [0.29, 0.717) is 18.2 Å². The summed E-state index contributed by atoms with van der Waals surface area (Å²) in [6.07, 6.45) is 4.28. The van der Waals surface area contributed by atoms with Crippen molar-refractivity contribution in [2.45, 2.75) is 32.7 Å². The first-order valence-corrected chi connectivity index (χ1v) is 7.59. The molecule has 0 saturated carbocycles. The zero-order chi connectivity index (χ0) is 14.2. The Labute approximate surface area is 122 Å². The molecule has 4 nitrogen and oxygen atoms in total. The largest absolute Gasteiger partial charge is 0.431 e. The molecular weight excluding hydrogens is 272 g/mol. The normalized spacial score (nSPS) is 10.2. The predicted octanol–water partition coefficient (Wildman–Crippen LogP) is 3.74. The quantitative estimate of drug-likeness (QED) is 0.845. The van der Waals surface area contributed by atoms with Crippen LogP contribution in [0.2, 0.25) is 0 Å². The molecule has 0 aliphatic heterocycles. The van der Waals surface area contributed by atoms with Gasteiger partial charge < -0.3 is 10.1 Å². The van der Waals surface area contributed by atoms with Gasteiger partial charge in [-0.05, 0) is 24.1 Å². The van der Waals surface area contributed by atoms with Crippen molar-refractivity contribution >= 4 is 17.2 Å². The second-order valence-corrected chi connectivity index (χ2v) is 5.28. The molecule has 1 N–H and O–H groups in total. The Morgan fingerprint density at radius 3 is 2.80 bits per heavy atom.